The molecule has 0 aliphatic carbocycles. The van der Waals surface area contributed by atoms with Crippen molar-refractivity contribution in [1.82, 2.24) is 14.9 Å². The molecule has 0 spiro atoms. The SMILES string of the molecule is Cc1ccnc(NC(=O)CN(C)C(=O)Cc2csc(-c3ccc(Cl)s3)n2)c1. The predicted molar refractivity (Wildman–Crippen MR) is 109 cm³/mol. The van der Waals surface area contributed by atoms with Gasteiger partial charge in [0.25, 0.3) is 0 Å². The molecule has 0 fully saturated rings. The predicted octanol–water partition coefficient (Wildman–Crippen LogP) is 3.87. The van der Waals surface area contributed by atoms with Crippen LogP contribution in [0.5, 0.6) is 0 Å². The second-order valence-electron chi connectivity index (χ2n) is 5.94. The van der Waals surface area contributed by atoms with Crippen LogP contribution in [-0.4, -0.2) is 40.3 Å². The van der Waals surface area contributed by atoms with Crippen molar-refractivity contribution in [3.63, 3.8) is 0 Å². The summed E-state index contributed by atoms with van der Waals surface area (Å²) < 4.78 is 0.701. The molecule has 0 saturated heterocycles. The lowest BCUT2D eigenvalue weighted by Crippen LogP contribution is -2.36. The molecule has 2 amide bonds. The van der Waals surface area contributed by atoms with E-state index in [1.54, 1.807) is 19.3 Å². The van der Waals surface area contributed by atoms with Crippen molar-refractivity contribution in [2.45, 2.75) is 13.3 Å². The summed E-state index contributed by atoms with van der Waals surface area (Å²) in [5.74, 6) is -0.000779. The van der Waals surface area contributed by atoms with Gasteiger partial charge >= 0.3 is 0 Å². The van der Waals surface area contributed by atoms with Gasteiger partial charge in [-0.1, -0.05) is 11.6 Å². The Labute approximate surface area is 169 Å². The molecule has 3 heterocycles. The molecule has 0 saturated carbocycles. The second kappa shape index (κ2) is 8.60. The van der Waals surface area contributed by atoms with Gasteiger partial charge in [0.05, 0.1) is 27.9 Å². The Morgan fingerprint density at radius 2 is 2.11 bits per heavy atom. The summed E-state index contributed by atoms with van der Waals surface area (Å²) in [7, 11) is 1.60. The van der Waals surface area contributed by atoms with Crippen LogP contribution in [0.15, 0.2) is 35.8 Å². The Morgan fingerprint density at radius 1 is 1.30 bits per heavy atom. The highest BCUT2D eigenvalue weighted by Crippen LogP contribution is 2.33. The fourth-order valence-corrected chi connectivity index (χ4v) is 4.25. The number of aromatic nitrogens is 2. The highest BCUT2D eigenvalue weighted by atomic mass is 35.5. The smallest absolute Gasteiger partial charge is 0.245 e. The topological polar surface area (TPSA) is 75.2 Å². The summed E-state index contributed by atoms with van der Waals surface area (Å²) >= 11 is 8.87. The van der Waals surface area contributed by atoms with Crippen molar-refractivity contribution in [2.24, 2.45) is 0 Å². The molecule has 0 aromatic carbocycles. The van der Waals surface area contributed by atoms with E-state index in [0.717, 1.165) is 15.4 Å². The number of nitrogens with zero attached hydrogens (tertiary/aromatic N) is 3. The lowest BCUT2D eigenvalue weighted by molar-refractivity contribution is -0.132. The number of pyridine rings is 1. The monoisotopic (exact) mass is 420 g/mol. The van der Waals surface area contributed by atoms with Gasteiger partial charge in [0, 0.05) is 18.6 Å². The Hall–Kier alpha value is -2.29. The maximum absolute atomic E-state index is 12.4. The first kappa shape index (κ1) is 19.5. The molecule has 140 valence electrons. The van der Waals surface area contributed by atoms with E-state index in [4.69, 9.17) is 11.6 Å². The minimum atomic E-state index is -0.295. The average Bonchev–Trinajstić information content (AvgIpc) is 3.23. The first-order valence-electron chi connectivity index (χ1n) is 8.07. The number of carbonyl (C=O) groups excluding carboxylic acids is 2. The fraction of sp³-hybridized carbons (Fsp3) is 0.222. The van der Waals surface area contributed by atoms with Gasteiger partial charge < -0.3 is 10.2 Å². The number of thiazole rings is 1. The summed E-state index contributed by atoms with van der Waals surface area (Å²) in [5, 5.41) is 5.38. The van der Waals surface area contributed by atoms with E-state index in [0.29, 0.717) is 15.8 Å². The fourth-order valence-electron chi connectivity index (χ4n) is 2.31. The van der Waals surface area contributed by atoms with Crippen LogP contribution in [0, 0.1) is 6.92 Å². The van der Waals surface area contributed by atoms with Crippen LogP contribution in [-0.2, 0) is 16.0 Å². The van der Waals surface area contributed by atoms with E-state index in [1.165, 1.54) is 27.6 Å². The Balaban J connectivity index is 1.54. The molecular weight excluding hydrogens is 404 g/mol. The van der Waals surface area contributed by atoms with Crippen molar-refractivity contribution in [2.75, 3.05) is 18.9 Å². The third-order valence-electron chi connectivity index (χ3n) is 3.66. The molecule has 0 atom stereocenters. The standard InChI is InChI=1S/C18H17ClN4O2S2/c1-11-5-6-20-15(7-11)22-16(24)9-23(2)17(25)8-12-10-26-18(21-12)13-3-4-14(19)27-13/h3-7,10H,8-9H2,1-2H3,(H,20,22,24). The Bertz CT molecular complexity index is 970. The first-order valence-corrected chi connectivity index (χ1v) is 10.1. The van der Waals surface area contributed by atoms with E-state index in [2.05, 4.69) is 15.3 Å². The largest absolute Gasteiger partial charge is 0.336 e. The van der Waals surface area contributed by atoms with Gasteiger partial charge in [0.1, 0.15) is 10.8 Å². The first-order chi connectivity index (χ1) is 12.9. The van der Waals surface area contributed by atoms with Crippen LogP contribution in [0.25, 0.3) is 9.88 Å². The number of aryl methyl sites for hydroxylation is 1. The molecule has 6 nitrogen and oxygen atoms in total. The third-order valence-corrected chi connectivity index (χ3v) is 5.95. The molecule has 0 radical (unpaired) electrons. The molecule has 0 aliphatic rings. The summed E-state index contributed by atoms with van der Waals surface area (Å²) in [6.45, 7) is 1.87. The number of likely N-dealkylation sites (N-methyl/N-ethyl adjacent to an activating group) is 1. The zero-order valence-electron chi connectivity index (χ0n) is 14.7. The number of nitrogens with one attached hydrogen (secondary N) is 1. The summed E-state index contributed by atoms with van der Waals surface area (Å²) in [5.41, 5.74) is 1.67. The van der Waals surface area contributed by atoms with E-state index in [1.807, 2.05) is 30.5 Å². The van der Waals surface area contributed by atoms with Crippen molar-refractivity contribution in [3.8, 4) is 9.88 Å². The number of hydrogen-bond acceptors (Lipinski definition) is 6. The maximum Gasteiger partial charge on any atom is 0.245 e. The Morgan fingerprint density at radius 3 is 2.81 bits per heavy atom. The number of amides is 2. The number of thiophene rings is 1. The molecule has 1 N–H and O–H groups in total. The van der Waals surface area contributed by atoms with E-state index >= 15 is 0 Å². The highest BCUT2D eigenvalue weighted by molar-refractivity contribution is 7.23. The molecule has 27 heavy (non-hydrogen) atoms. The van der Waals surface area contributed by atoms with Gasteiger partial charge in [-0.05, 0) is 36.8 Å². The quantitative estimate of drug-likeness (QED) is 0.656. The van der Waals surface area contributed by atoms with Gasteiger partial charge in [-0.3, -0.25) is 9.59 Å². The zero-order valence-corrected chi connectivity index (χ0v) is 17.1. The van der Waals surface area contributed by atoms with Crippen LogP contribution >= 0.6 is 34.3 Å². The van der Waals surface area contributed by atoms with Crippen LogP contribution < -0.4 is 5.32 Å². The van der Waals surface area contributed by atoms with Crippen molar-refractivity contribution in [3.05, 3.63) is 51.4 Å². The van der Waals surface area contributed by atoms with Crippen molar-refractivity contribution >= 4 is 51.9 Å². The van der Waals surface area contributed by atoms with Crippen molar-refractivity contribution < 1.29 is 9.59 Å². The Kier molecular flexibility index (Phi) is 6.20. The summed E-state index contributed by atoms with van der Waals surface area (Å²) in [6.07, 6.45) is 1.77. The van der Waals surface area contributed by atoms with Crippen LogP contribution in [0.2, 0.25) is 4.34 Å². The molecular formula is C18H17ClN4O2S2. The molecule has 3 aromatic rings. The normalized spacial score (nSPS) is 10.6. The van der Waals surface area contributed by atoms with Crippen LogP contribution in [0.3, 0.4) is 0 Å². The highest BCUT2D eigenvalue weighted by Gasteiger charge is 2.16. The lowest BCUT2D eigenvalue weighted by atomic mass is 10.3. The molecule has 0 unspecified atom stereocenters. The van der Waals surface area contributed by atoms with E-state index < -0.39 is 0 Å². The summed E-state index contributed by atoms with van der Waals surface area (Å²) in [4.78, 5) is 35.4. The van der Waals surface area contributed by atoms with Crippen molar-refractivity contribution in [1.29, 1.82) is 0 Å². The van der Waals surface area contributed by atoms with Gasteiger partial charge in [-0.25, -0.2) is 9.97 Å². The summed E-state index contributed by atoms with van der Waals surface area (Å²) in [6, 6.07) is 7.35. The minimum absolute atomic E-state index is 0.0496. The van der Waals surface area contributed by atoms with Gasteiger partial charge in [0.2, 0.25) is 11.8 Å². The van der Waals surface area contributed by atoms with Crippen LogP contribution in [0.1, 0.15) is 11.3 Å². The van der Waals surface area contributed by atoms with E-state index in [-0.39, 0.29) is 24.8 Å². The lowest BCUT2D eigenvalue weighted by Gasteiger charge is -2.16. The second-order valence-corrected chi connectivity index (χ2v) is 8.51. The zero-order chi connectivity index (χ0) is 19.4. The molecule has 3 rings (SSSR count). The average molecular weight is 421 g/mol. The number of rotatable bonds is 6. The van der Waals surface area contributed by atoms with Gasteiger partial charge in [0.15, 0.2) is 0 Å². The third kappa shape index (κ3) is 5.35. The number of hydrogen-bond donors (Lipinski definition) is 1. The molecule has 0 bridgehead atoms. The molecule has 3 aromatic heterocycles. The van der Waals surface area contributed by atoms with Gasteiger partial charge in [-0.2, -0.15) is 0 Å². The number of carbonyl (C=O) groups is 2. The van der Waals surface area contributed by atoms with Gasteiger partial charge in [-0.15, -0.1) is 22.7 Å². The minimum Gasteiger partial charge on any atom is -0.336 e. The molecule has 9 heteroatoms. The molecule has 0 aliphatic heterocycles. The number of anilines is 1. The van der Waals surface area contributed by atoms with E-state index in [9.17, 15) is 9.59 Å². The number of halogens is 1. The van der Waals surface area contributed by atoms with Crippen LogP contribution in [0.4, 0.5) is 5.82 Å². The maximum atomic E-state index is 12.4.